The molecule has 1 unspecified atom stereocenters. The average molecular weight is 872 g/mol. The highest BCUT2D eigenvalue weighted by Gasteiger charge is 2.51. The molecule has 15 rings (SSSR count). The average Bonchev–Trinajstić information content (AvgIpc) is 4.08. The fourth-order valence-electron chi connectivity index (χ4n) is 12.7. The second-order valence-corrected chi connectivity index (χ2v) is 20.1. The lowest BCUT2D eigenvalue weighted by Crippen LogP contribution is -2.29. The van der Waals surface area contributed by atoms with E-state index in [-0.39, 0.29) is 5.41 Å². The van der Waals surface area contributed by atoms with E-state index in [0.717, 1.165) is 39.0 Å². The minimum atomic E-state index is -0.664. The number of benzene rings is 10. The number of para-hydroxylation sites is 2. The second kappa shape index (κ2) is 13.3. The van der Waals surface area contributed by atoms with E-state index in [1.807, 2.05) is 11.3 Å². The number of rotatable bonds is 3. The van der Waals surface area contributed by atoms with Gasteiger partial charge in [-0.1, -0.05) is 178 Å². The van der Waals surface area contributed by atoms with Crippen LogP contribution in [-0.4, -0.2) is 0 Å². The summed E-state index contributed by atoms with van der Waals surface area (Å²) in [6.07, 6.45) is 0. The smallest absolute Gasteiger partial charge is 0.159 e. The molecule has 0 N–H and O–H groups in total. The lowest BCUT2D eigenvalue weighted by molar-refractivity contribution is 0.660. The van der Waals surface area contributed by atoms with Crippen LogP contribution in [0.3, 0.4) is 0 Å². The number of furan rings is 1. The molecule has 3 aliphatic rings. The fourth-order valence-corrected chi connectivity index (χ4v) is 13.8. The monoisotopic (exact) mass is 871 g/mol. The van der Waals surface area contributed by atoms with Crippen LogP contribution in [0.2, 0.25) is 0 Å². The molecule has 0 bridgehead atoms. The molecule has 0 radical (unpaired) electrons. The van der Waals surface area contributed by atoms with Gasteiger partial charge in [0.1, 0.15) is 5.58 Å². The lowest BCUT2D eigenvalue weighted by Gasteiger charge is -2.36. The van der Waals surface area contributed by atoms with E-state index in [9.17, 15) is 0 Å². The van der Waals surface area contributed by atoms with Gasteiger partial charge in [-0.15, -0.1) is 11.3 Å². The topological polar surface area (TPSA) is 16.4 Å². The highest BCUT2D eigenvalue weighted by molar-refractivity contribution is 7.26. The molecule has 12 aromatic rings. The number of hydrogen-bond donors (Lipinski definition) is 0. The normalized spacial score (nSPS) is 15.8. The van der Waals surface area contributed by atoms with Crippen molar-refractivity contribution in [1.82, 2.24) is 0 Å². The summed E-state index contributed by atoms with van der Waals surface area (Å²) >= 11 is 1.90. The Hall–Kier alpha value is -7.98. The van der Waals surface area contributed by atoms with Crippen LogP contribution in [0, 0.1) is 0 Å². The van der Waals surface area contributed by atoms with Crippen molar-refractivity contribution in [3.8, 4) is 44.5 Å². The summed E-state index contributed by atoms with van der Waals surface area (Å²) < 4.78 is 9.57. The molecule has 0 saturated heterocycles. The first kappa shape index (κ1) is 37.3. The Labute approximate surface area is 392 Å². The predicted octanol–water partition coefficient (Wildman–Crippen LogP) is 17.7. The molecule has 10 aromatic carbocycles. The van der Waals surface area contributed by atoms with Crippen molar-refractivity contribution < 1.29 is 4.42 Å². The van der Waals surface area contributed by atoms with Crippen LogP contribution in [0.15, 0.2) is 217 Å². The Morgan fingerprint density at radius 3 is 1.70 bits per heavy atom. The first-order valence-electron chi connectivity index (χ1n) is 23.3. The number of anilines is 3. The second-order valence-electron chi connectivity index (χ2n) is 19.1. The lowest BCUT2D eigenvalue weighted by atomic mass is 9.65. The Kier molecular flexibility index (Phi) is 7.41. The minimum absolute atomic E-state index is 0.182. The molecule has 2 nitrogen and oxygen atoms in total. The van der Waals surface area contributed by atoms with E-state index < -0.39 is 5.41 Å². The van der Waals surface area contributed by atoms with Gasteiger partial charge in [0.2, 0.25) is 0 Å². The largest absolute Gasteiger partial charge is 0.454 e. The molecule has 2 heterocycles. The standard InChI is InChI=1S/C64H41NOS/c1-63(2)50-24-10-5-19-43(50)45-33-31-38(36-54(45)63)65(56-27-15-23-47-46-20-8-13-28-57(46)66-62(47)56)39-30-32-44-41-17-4-3-16-40(41)42-18-6-11-25-51(42)64(55(44)37-39)52-26-12-7-21-48(52)60-53(64)34-35-59-61(60)49-22-9-14-29-58(49)67-59/h3-37H,1-2H3. The van der Waals surface area contributed by atoms with Crippen molar-refractivity contribution >= 4 is 70.5 Å². The van der Waals surface area contributed by atoms with E-state index in [4.69, 9.17) is 4.42 Å². The highest BCUT2D eigenvalue weighted by atomic mass is 32.1. The van der Waals surface area contributed by atoms with Crippen LogP contribution in [0.5, 0.6) is 0 Å². The van der Waals surface area contributed by atoms with Gasteiger partial charge in [-0.25, -0.2) is 0 Å². The van der Waals surface area contributed by atoms with Crippen LogP contribution >= 0.6 is 11.3 Å². The summed E-state index contributed by atoms with van der Waals surface area (Å²) in [4.78, 5) is 2.47. The van der Waals surface area contributed by atoms with Crippen LogP contribution in [0.4, 0.5) is 17.1 Å². The first-order chi connectivity index (χ1) is 33.0. The summed E-state index contributed by atoms with van der Waals surface area (Å²) in [7, 11) is 0. The SMILES string of the molecule is CC1(C)c2ccccc2-c2ccc(N(c3ccc4c(c3)C3(c5ccccc5-c5ccccc5-4)c4ccccc4-c4c3ccc3sc5ccccc5c43)c3cccc4c3oc3ccccc34)cc21. The highest BCUT2D eigenvalue weighted by Crippen LogP contribution is 2.64. The Morgan fingerprint density at radius 1 is 0.388 bits per heavy atom. The summed E-state index contributed by atoms with van der Waals surface area (Å²) in [5, 5.41) is 4.88. The number of hydrogen-bond acceptors (Lipinski definition) is 3. The molecule has 314 valence electrons. The van der Waals surface area contributed by atoms with Crippen molar-refractivity contribution in [3.63, 3.8) is 0 Å². The van der Waals surface area contributed by atoms with Gasteiger partial charge in [0, 0.05) is 47.7 Å². The molecule has 67 heavy (non-hydrogen) atoms. The maximum absolute atomic E-state index is 6.93. The van der Waals surface area contributed by atoms with Crippen LogP contribution in [-0.2, 0) is 10.8 Å². The third-order valence-corrected chi connectivity index (χ3v) is 16.6. The van der Waals surface area contributed by atoms with Gasteiger partial charge in [-0.3, -0.25) is 0 Å². The van der Waals surface area contributed by atoms with Gasteiger partial charge < -0.3 is 9.32 Å². The zero-order valence-electron chi connectivity index (χ0n) is 37.0. The zero-order chi connectivity index (χ0) is 44.2. The summed E-state index contributed by atoms with van der Waals surface area (Å²) in [6, 6.07) is 79.7. The molecular weight excluding hydrogens is 831 g/mol. The van der Waals surface area contributed by atoms with Gasteiger partial charge in [0.25, 0.3) is 0 Å². The number of thiophene rings is 1. The van der Waals surface area contributed by atoms with E-state index >= 15 is 0 Å². The third-order valence-electron chi connectivity index (χ3n) is 15.5. The predicted molar refractivity (Wildman–Crippen MR) is 281 cm³/mol. The van der Waals surface area contributed by atoms with Crippen LogP contribution < -0.4 is 4.90 Å². The molecule has 3 heteroatoms. The van der Waals surface area contributed by atoms with Crippen LogP contribution in [0.1, 0.15) is 47.2 Å². The van der Waals surface area contributed by atoms with Crippen molar-refractivity contribution in [1.29, 1.82) is 0 Å². The minimum Gasteiger partial charge on any atom is -0.454 e. The molecule has 1 spiro atoms. The van der Waals surface area contributed by atoms with Gasteiger partial charge in [0.05, 0.1) is 11.1 Å². The molecule has 3 aliphatic carbocycles. The van der Waals surface area contributed by atoms with E-state index in [2.05, 4.69) is 231 Å². The number of nitrogens with zero attached hydrogens (tertiary/aromatic N) is 1. The van der Waals surface area contributed by atoms with E-state index in [0.29, 0.717) is 0 Å². The van der Waals surface area contributed by atoms with Crippen molar-refractivity contribution in [2.24, 2.45) is 0 Å². The summed E-state index contributed by atoms with van der Waals surface area (Å²) in [6.45, 7) is 4.74. The molecule has 0 aliphatic heterocycles. The van der Waals surface area contributed by atoms with Crippen molar-refractivity contribution in [3.05, 3.63) is 246 Å². The third kappa shape index (κ3) is 4.79. The quantitative estimate of drug-likeness (QED) is 0.176. The Bertz CT molecular complexity index is 4110. The van der Waals surface area contributed by atoms with Gasteiger partial charge >= 0.3 is 0 Å². The summed E-state index contributed by atoms with van der Waals surface area (Å²) in [5.41, 5.74) is 22.2. The van der Waals surface area contributed by atoms with E-state index in [1.54, 1.807) is 0 Å². The maximum atomic E-state index is 6.93. The number of fused-ring (bicyclic) bond motifs is 22. The molecule has 2 aromatic heterocycles. The first-order valence-corrected chi connectivity index (χ1v) is 24.1. The van der Waals surface area contributed by atoms with Crippen molar-refractivity contribution in [2.75, 3.05) is 4.90 Å². The molecular formula is C64H41NOS. The van der Waals surface area contributed by atoms with Gasteiger partial charge in [0.15, 0.2) is 5.58 Å². The van der Waals surface area contributed by atoms with E-state index in [1.165, 1.54) is 98.1 Å². The zero-order valence-corrected chi connectivity index (χ0v) is 37.8. The molecule has 0 amide bonds. The summed E-state index contributed by atoms with van der Waals surface area (Å²) in [5.74, 6) is 0. The van der Waals surface area contributed by atoms with Gasteiger partial charge in [-0.2, -0.15) is 0 Å². The molecule has 0 saturated carbocycles. The molecule has 0 fully saturated rings. The van der Waals surface area contributed by atoms with Gasteiger partial charge in [-0.05, 0) is 126 Å². The fraction of sp³-hybridized carbons (Fsp3) is 0.0625. The Balaban J connectivity index is 1.08. The molecule has 1 atom stereocenters. The van der Waals surface area contributed by atoms with Crippen molar-refractivity contribution in [2.45, 2.75) is 24.7 Å². The maximum Gasteiger partial charge on any atom is 0.159 e. The van der Waals surface area contributed by atoms with Crippen LogP contribution in [0.25, 0.3) is 86.6 Å². The Morgan fingerprint density at radius 2 is 0.940 bits per heavy atom.